The molecule has 2 N–H and O–H groups in total. The molecule has 4 aliphatic carbocycles. The van der Waals surface area contributed by atoms with Crippen LogP contribution in [0.2, 0.25) is 0 Å². The molecule has 0 bridgehead atoms. The molecular weight excluding hydrogens is 340 g/mol. The number of hydrogen-bond donors (Lipinski definition) is 2. The van der Waals surface area contributed by atoms with Crippen molar-refractivity contribution in [3.63, 3.8) is 0 Å². The maximum Gasteiger partial charge on any atom is 0.169 e. The first-order valence-corrected chi connectivity index (χ1v) is 10.8. The SMILES string of the molecule is CC1(C2CC=C3C4CC=C5CC(O)CC[C@]5(C)C4CC(O)[C@@]32C)OCCO1. The van der Waals surface area contributed by atoms with Gasteiger partial charge in [-0.3, -0.25) is 0 Å². The van der Waals surface area contributed by atoms with E-state index in [1.807, 2.05) is 0 Å². The molecule has 0 spiro atoms. The van der Waals surface area contributed by atoms with Crippen LogP contribution in [0.5, 0.6) is 0 Å². The van der Waals surface area contributed by atoms with Crippen molar-refractivity contribution >= 4 is 0 Å². The summed E-state index contributed by atoms with van der Waals surface area (Å²) in [7, 11) is 0. The molecular formula is C23H34O4. The number of aliphatic hydroxyl groups is 2. The number of fused-ring (bicyclic) bond motifs is 5. The lowest BCUT2D eigenvalue weighted by Gasteiger charge is -2.58. The van der Waals surface area contributed by atoms with E-state index in [0.29, 0.717) is 25.0 Å². The highest BCUT2D eigenvalue weighted by Crippen LogP contribution is 2.66. The average molecular weight is 375 g/mol. The molecule has 0 radical (unpaired) electrons. The predicted octanol–water partition coefficient (Wildman–Crippen LogP) is 3.58. The van der Waals surface area contributed by atoms with Gasteiger partial charge < -0.3 is 19.7 Å². The van der Waals surface area contributed by atoms with Crippen molar-refractivity contribution in [2.45, 2.75) is 77.3 Å². The summed E-state index contributed by atoms with van der Waals surface area (Å²) in [4.78, 5) is 0. The van der Waals surface area contributed by atoms with Crippen LogP contribution in [-0.4, -0.2) is 41.4 Å². The van der Waals surface area contributed by atoms with Gasteiger partial charge in [0.2, 0.25) is 0 Å². The zero-order valence-corrected chi connectivity index (χ0v) is 16.9. The van der Waals surface area contributed by atoms with Crippen molar-refractivity contribution in [3.8, 4) is 0 Å². The minimum atomic E-state index is -0.588. The Bertz CT molecular complexity index is 690. The van der Waals surface area contributed by atoms with Crippen molar-refractivity contribution < 1.29 is 19.7 Å². The number of rotatable bonds is 1. The smallest absolute Gasteiger partial charge is 0.169 e. The monoisotopic (exact) mass is 374 g/mol. The summed E-state index contributed by atoms with van der Waals surface area (Å²) in [5.41, 5.74) is 2.73. The van der Waals surface area contributed by atoms with Crippen LogP contribution in [-0.2, 0) is 9.47 Å². The lowest BCUT2D eigenvalue weighted by Crippen LogP contribution is -2.57. The van der Waals surface area contributed by atoms with Gasteiger partial charge in [-0.25, -0.2) is 0 Å². The van der Waals surface area contributed by atoms with E-state index >= 15 is 0 Å². The van der Waals surface area contributed by atoms with E-state index < -0.39 is 5.79 Å². The molecule has 1 aliphatic heterocycles. The van der Waals surface area contributed by atoms with Crippen molar-refractivity contribution in [1.29, 1.82) is 0 Å². The van der Waals surface area contributed by atoms with Gasteiger partial charge in [0.25, 0.3) is 0 Å². The molecule has 7 atom stereocenters. The summed E-state index contributed by atoms with van der Waals surface area (Å²) in [6.07, 6.45) is 9.80. The summed E-state index contributed by atoms with van der Waals surface area (Å²) in [5, 5.41) is 21.6. The lowest BCUT2D eigenvalue weighted by molar-refractivity contribution is -0.218. The molecule has 1 saturated heterocycles. The van der Waals surface area contributed by atoms with Crippen LogP contribution in [0.25, 0.3) is 0 Å². The number of ether oxygens (including phenoxy) is 2. The van der Waals surface area contributed by atoms with Crippen LogP contribution < -0.4 is 0 Å². The van der Waals surface area contributed by atoms with Gasteiger partial charge in [0, 0.05) is 11.3 Å². The molecule has 150 valence electrons. The summed E-state index contributed by atoms with van der Waals surface area (Å²) in [6.45, 7) is 7.99. The zero-order chi connectivity index (χ0) is 19.0. The first-order valence-electron chi connectivity index (χ1n) is 10.8. The Morgan fingerprint density at radius 2 is 1.78 bits per heavy atom. The maximum absolute atomic E-state index is 11.5. The van der Waals surface area contributed by atoms with E-state index in [9.17, 15) is 10.2 Å². The van der Waals surface area contributed by atoms with Gasteiger partial charge in [0.05, 0.1) is 25.4 Å². The van der Waals surface area contributed by atoms with Gasteiger partial charge in [0.1, 0.15) is 0 Å². The van der Waals surface area contributed by atoms with Gasteiger partial charge in [-0.1, -0.05) is 37.1 Å². The minimum absolute atomic E-state index is 0.119. The predicted molar refractivity (Wildman–Crippen MR) is 103 cm³/mol. The second-order valence-corrected chi connectivity index (χ2v) is 10.2. The third-order valence-corrected chi connectivity index (χ3v) is 9.09. The van der Waals surface area contributed by atoms with Gasteiger partial charge in [-0.15, -0.1) is 0 Å². The van der Waals surface area contributed by atoms with Gasteiger partial charge in [-0.2, -0.15) is 0 Å². The number of aliphatic hydroxyl groups excluding tert-OH is 2. The van der Waals surface area contributed by atoms with Crippen molar-refractivity contribution in [2.75, 3.05) is 13.2 Å². The van der Waals surface area contributed by atoms with Crippen LogP contribution in [0.15, 0.2) is 23.3 Å². The Labute approximate surface area is 162 Å². The van der Waals surface area contributed by atoms with Crippen LogP contribution >= 0.6 is 0 Å². The van der Waals surface area contributed by atoms with E-state index in [2.05, 4.69) is 32.9 Å². The fourth-order valence-corrected chi connectivity index (χ4v) is 7.46. The third-order valence-electron chi connectivity index (χ3n) is 9.09. The van der Waals surface area contributed by atoms with E-state index in [1.165, 1.54) is 11.1 Å². The highest BCUT2D eigenvalue weighted by atomic mass is 16.7. The Morgan fingerprint density at radius 1 is 1.04 bits per heavy atom. The first-order chi connectivity index (χ1) is 12.8. The number of hydrogen-bond acceptors (Lipinski definition) is 4. The summed E-state index contributed by atoms with van der Waals surface area (Å²) < 4.78 is 12.1. The maximum atomic E-state index is 11.5. The molecule has 27 heavy (non-hydrogen) atoms. The topological polar surface area (TPSA) is 58.9 Å². The summed E-state index contributed by atoms with van der Waals surface area (Å²) in [6, 6.07) is 0. The fraction of sp³-hybridized carbons (Fsp3) is 0.826. The fourth-order valence-electron chi connectivity index (χ4n) is 7.46. The Balaban J connectivity index is 1.51. The van der Waals surface area contributed by atoms with Crippen LogP contribution in [0.1, 0.15) is 59.3 Å². The Hall–Kier alpha value is -0.680. The van der Waals surface area contributed by atoms with Crippen molar-refractivity contribution in [1.82, 2.24) is 0 Å². The molecule has 5 unspecified atom stereocenters. The largest absolute Gasteiger partial charge is 0.393 e. The van der Waals surface area contributed by atoms with Crippen LogP contribution in [0, 0.1) is 28.6 Å². The first kappa shape index (κ1) is 18.4. The van der Waals surface area contributed by atoms with Crippen molar-refractivity contribution in [2.24, 2.45) is 28.6 Å². The van der Waals surface area contributed by atoms with E-state index in [1.54, 1.807) is 0 Å². The molecule has 3 fully saturated rings. The van der Waals surface area contributed by atoms with Gasteiger partial charge in [0.15, 0.2) is 5.79 Å². The summed E-state index contributed by atoms with van der Waals surface area (Å²) in [5.74, 6) is 0.550. The highest BCUT2D eigenvalue weighted by molar-refractivity contribution is 5.37. The third kappa shape index (κ3) is 2.36. The normalized spacial score (nSPS) is 51.1. The highest BCUT2D eigenvalue weighted by Gasteiger charge is 2.63. The van der Waals surface area contributed by atoms with Crippen LogP contribution in [0.4, 0.5) is 0 Å². The standard InChI is InChI=1S/C23H34O4/c1-21-9-8-15(24)12-14(21)4-5-16-17-6-7-19(23(3)26-10-11-27-23)22(17,2)20(25)13-18(16)21/h4,6,15-16,18-20,24-25H,5,7-13H2,1-3H3/t15?,16?,18?,19?,20?,21-,22-/m0/s1. The van der Waals surface area contributed by atoms with Gasteiger partial charge >= 0.3 is 0 Å². The molecule has 0 amide bonds. The molecule has 4 nitrogen and oxygen atoms in total. The summed E-state index contributed by atoms with van der Waals surface area (Å²) >= 11 is 0. The molecule has 5 rings (SSSR count). The van der Waals surface area contributed by atoms with Gasteiger partial charge in [-0.05, 0) is 62.7 Å². The van der Waals surface area contributed by atoms with Crippen LogP contribution in [0.3, 0.4) is 0 Å². The molecule has 1 heterocycles. The van der Waals surface area contributed by atoms with E-state index in [0.717, 1.165) is 38.5 Å². The second kappa shape index (κ2) is 5.91. The molecule has 4 heteroatoms. The minimum Gasteiger partial charge on any atom is -0.393 e. The molecule has 0 aromatic carbocycles. The zero-order valence-electron chi connectivity index (χ0n) is 16.9. The molecule has 0 aromatic rings. The average Bonchev–Trinajstić information content (AvgIpc) is 3.22. The van der Waals surface area contributed by atoms with E-state index in [4.69, 9.17) is 9.47 Å². The quantitative estimate of drug-likeness (QED) is 0.689. The molecule has 0 aromatic heterocycles. The lowest BCUT2D eigenvalue weighted by atomic mass is 9.47. The Kier molecular flexibility index (Phi) is 4.02. The number of allylic oxidation sites excluding steroid dienone is 2. The molecule has 5 aliphatic rings. The van der Waals surface area contributed by atoms with Crippen molar-refractivity contribution in [3.05, 3.63) is 23.3 Å². The Morgan fingerprint density at radius 3 is 2.52 bits per heavy atom. The molecule has 2 saturated carbocycles. The second-order valence-electron chi connectivity index (χ2n) is 10.2. The van der Waals surface area contributed by atoms with E-state index in [-0.39, 0.29) is 29.0 Å².